The largest absolute Gasteiger partial charge is 0.532 e. The van der Waals surface area contributed by atoms with Crippen LogP contribution in [0.5, 0.6) is 17.2 Å². The lowest BCUT2D eigenvalue weighted by Crippen LogP contribution is -2.24. The fourth-order valence-corrected chi connectivity index (χ4v) is 3.49. The number of esters is 1. The maximum absolute atomic E-state index is 11.7. The van der Waals surface area contributed by atoms with E-state index in [1.54, 1.807) is 30.5 Å². The first-order valence-corrected chi connectivity index (χ1v) is 13.0. The van der Waals surface area contributed by atoms with Gasteiger partial charge in [-0.1, -0.05) is 15.9 Å². The van der Waals surface area contributed by atoms with Crippen molar-refractivity contribution in [3.05, 3.63) is 64.5 Å². The standard InChI is InChI=1S/C21H24BrNO5Si/c1-14(28-29(4,5)6)23-13-16-11-17(22)8-10-18(16)27-19-9-7-15(21(24)26-3)12-20(19)25-2/h7-13H,1H2,2-6H3. The van der Waals surface area contributed by atoms with E-state index in [2.05, 4.69) is 47.1 Å². The molecule has 0 atom stereocenters. The summed E-state index contributed by atoms with van der Waals surface area (Å²) in [5.74, 6) is 1.32. The van der Waals surface area contributed by atoms with Gasteiger partial charge in [-0.25, -0.2) is 9.79 Å². The van der Waals surface area contributed by atoms with Crippen LogP contribution >= 0.6 is 15.9 Å². The van der Waals surface area contributed by atoms with Crippen LogP contribution in [0.3, 0.4) is 0 Å². The van der Waals surface area contributed by atoms with Gasteiger partial charge in [0.1, 0.15) is 5.75 Å². The highest BCUT2D eigenvalue weighted by Crippen LogP contribution is 2.34. The first-order chi connectivity index (χ1) is 13.6. The fourth-order valence-electron chi connectivity index (χ4n) is 2.35. The number of halogens is 1. The van der Waals surface area contributed by atoms with E-state index < -0.39 is 14.3 Å². The minimum Gasteiger partial charge on any atom is -0.532 e. The SMILES string of the molecule is C=C(N=Cc1cc(Br)ccc1Oc1ccc(C(=O)OC)cc1OC)O[Si](C)(C)C. The molecule has 0 aliphatic carbocycles. The van der Waals surface area contributed by atoms with Crippen LogP contribution < -0.4 is 9.47 Å². The molecule has 0 heterocycles. The van der Waals surface area contributed by atoms with Crippen LogP contribution in [0.4, 0.5) is 0 Å². The van der Waals surface area contributed by atoms with Crippen molar-refractivity contribution in [3.63, 3.8) is 0 Å². The van der Waals surface area contributed by atoms with Gasteiger partial charge >= 0.3 is 5.97 Å². The average molecular weight is 478 g/mol. The predicted octanol–water partition coefficient (Wildman–Crippen LogP) is 5.78. The Morgan fingerprint density at radius 2 is 1.76 bits per heavy atom. The Balaban J connectivity index is 2.32. The molecular weight excluding hydrogens is 454 g/mol. The fraction of sp³-hybridized carbons (Fsp3) is 0.238. The number of aliphatic imine (C=N–C) groups is 1. The normalized spacial score (nSPS) is 11.2. The van der Waals surface area contributed by atoms with Gasteiger partial charge in [-0.3, -0.25) is 0 Å². The minimum absolute atomic E-state index is 0.357. The zero-order valence-electron chi connectivity index (χ0n) is 17.1. The summed E-state index contributed by atoms with van der Waals surface area (Å²) in [6.45, 7) is 10.0. The maximum Gasteiger partial charge on any atom is 0.337 e. The van der Waals surface area contributed by atoms with Crippen molar-refractivity contribution in [2.75, 3.05) is 14.2 Å². The topological polar surface area (TPSA) is 66.4 Å². The van der Waals surface area contributed by atoms with Gasteiger partial charge in [0.2, 0.25) is 8.32 Å². The first-order valence-electron chi connectivity index (χ1n) is 8.78. The zero-order valence-corrected chi connectivity index (χ0v) is 19.7. The number of ether oxygens (including phenoxy) is 3. The van der Waals surface area contributed by atoms with Gasteiger partial charge in [0.25, 0.3) is 0 Å². The van der Waals surface area contributed by atoms with Crippen LogP contribution in [0.2, 0.25) is 19.6 Å². The Kier molecular flexibility index (Phi) is 7.64. The molecule has 0 aromatic heterocycles. The summed E-state index contributed by atoms with van der Waals surface area (Å²) in [5, 5.41) is 0. The van der Waals surface area contributed by atoms with E-state index in [0.29, 0.717) is 28.7 Å². The van der Waals surface area contributed by atoms with E-state index in [1.165, 1.54) is 14.2 Å². The lowest BCUT2D eigenvalue weighted by Gasteiger charge is -2.18. The zero-order chi connectivity index (χ0) is 21.6. The third-order valence-electron chi connectivity index (χ3n) is 3.55. The molecule has 6 nitrogen and oxygen atoms in total. The summed E-state index contributed by atoms with van der Waals surface area (Å²) in [5.41, 5.74) is 1.09. The van der Waals surface area contributed by atoms with Crippen LogP contribution in [-0.2, 0) is 9.16 Å². The van der Waals surface area contributed by atoms with E-state index in [1.807, 2.05) is 12.1 Å². The summed E-state index contributed by atoms with van der Waals surface area (Å²) in [4.78, 5) is 16.0. The third kappa shape index (κ3) is 6.76. The molecule has 0 aliphatic rings. The van der Waals surface area contributed by atoms with Gasteiger partial charge in [-0.05, 0) is 62.6 Å². The molecule has 0 N–H and O–H groups in total. The van der Waals surface area contributed by atoms with E-state index >= 15 is 0 Å². The lowest BCUT2D eigenvalue weighted by atomic mass is 10.2. The van der Waals surface area contributed by atoms with E-state index in [9.17, 15) is 4.79 Å². The second-order valence-corrected chi connectivity index (χ2v) is 12.4. The van der Waals surface area contributed by atoms with Crippen molar-refractivity contribution < 1.29 is 23.4 Å². The molecule has 0 radical (unpaired) electrons. The number of nitrogens with zero attached hydrogens (tertiary/aromatic N) is 1. The number of hydrogen-bond acceptors (Lipinski definition) is 6. The van der Waals surface area contributed by atoms with Crippen molar-refractivity contribution in [2.45, 2.75) is 19.6 Å². The van der Waals surface area contributed by atoms with E-state index in [-0.39, 0.29) is 0 Å². The van der Waals surface area contributed by atoms with Crippen LogP contribution in [0.15, 0.2) is 58.3 Å². The van der Waals surface area contributed by atoms with Gasteiger partial charge in [0.15, 0.2) is 17.4 Å². The van der Waals surface area contributed by atoms with Gasteiger partial charge in [-0.2, -0.15) is 0 Å². The Hall–Kier alpha value is -2.58. The number of methoxy groups -OCH3 is 2. The molecule has 0 unspecified atom stereocenters. The Morgan fingerprint density at radius 1 is 1.07 bits per heavy atom. The van der Waals surface area contributed by atoms with Crippen molar-refractivity contribution in [3.8, 4) is 17.2 Å². The van der Waals surface area contributed by atoms with Gasteiger partial charge in [0.05, 0.1) is 19.8 Å². The molecule has 0 spiro atoms. The Labute approximate surface area is 180 Å². The summed E-state index contributed by atoms with van der Waals surface area (Å²) in [6, 6.07) is 10.4. The third-order valence-corrected chi connectivity index (χ3v) is 4.89. The molecule has 0 saturated heterocycles. The number of carbonyl (C=O) groups excluding carboxylic acids is 1. The lowest BCUT2D eigenvalue weighted by molar-refractivity contribution is 0.0600. The molecule has 8 heteroatoms. The van der Waals surface area contributed by atoms with Crippen molar-refractivity contribution in [1.82, 2.24) is 0 Å². The molecule has 0 saturated carbocycles. The second-order valence-electron chi connectivity index (χ2n) is 7.01. The monoisotopic (exact) mass is 477 g/mol. The summed E-state index contributed by atoms with van der Waals surface area (Å²) < 4.78 is 22.8. The molecule has 29 heavy (non-hydrogen) atoms. The summed E-state index contributed by atoms with van der Waals surface area (Å²) >= 11 is 3.46. The molecule has 0 bridgehead atoms. The smallest absolute Gasteiger partial charge is 0.337 e. The molecule has 2 aromatic rings. The highest BCUT2D eigenvalue weighted by Gasteiger charge is 2.17. The molecule has 0 aliphatic heterocycles. The summed E-state index contributed by atoms with van der Waals surface area (Å²) in [7, 11) is 1.05. The molecule has 0 fully saturated rings. The van der Waals surface area contributed by atoms with Gasteiger partial charge in [-0.15, -0.1) is 0 Å². The number of hydrogen-bond donors (Lipinski definition) is 0. The van der Waals surface area contributed by atoms with Crippen molar-refractivity contribution >= 4 is 36.4 Å². The quantitative estimate of drug-likeness (QED) is 0.208. The maximum atomic E-state index is 11.7. The van der Waals surface area contributed by atoms with E-state index in [0.717, 1.165) is 10.0 Å². The highest BCUT2D eigenvalue weighted by atomic mass is 79.9. The average Bonchev–Trinajstić information content (AvgIpc) is 2.66. The van der Waals surface area contributed by atoms with Crippen LogP contribution in [0, 0.1) is 0 Å². The van der Waals surface area contributed by atoms with Gasteiger partial charge in [0, 0.05) is 16.3 Å². The van der Waals surface area contributed by atoms with Crippen molar-refractivity contribution in [2.24, 2.45) is 4.99 Å². The van der Waals surface area contributed by atoms with E-state index in [4.69, 9.17) is 18.6 Å². The van der Waals surface area contributed by atoms with Crippen molar-refractivity contribution in [1.29, 1.82) is 0 Å². The molecule has 154 valence electrons. The number of carbonyl (C=O) groups is 1. The second kappa shape index (κ2) is 9.75. The first kappa shape index (κ1) is 22.7. The van der Waals surface area contributed by atoms with Crippen LogP contribution in [0.1, 0.15) is 15.9 Å². The molecular formula is C21H24BrNO5Si. The molecule has 0 amide bonds. The minimum atomic E-state index is -1.78. The molecule has 2 rings (SSSR count). The van der Waals surface area contributed by atoms with Crippen LogP contribution in [0.25, 0.3) is 0 Å². The summed E-state index contributed by atoms with van der Waals surface area (Å²) in [6.07, 6.45) is 1.64. The Bertz CT molecular complexity index is 937. The number of benzene rings is 2. The van der Waals surface area contributed by atoms with Crippen LogP contribution in [-0.4, -0.2) is 34.7 Å². The molecule has 2 aromatic carbocycles. The highest BCUT2D eigenvalue weighted by molar-refractivity contribution is 9.10. The Morgan fingerprint density at radius 3 is 2.38 bits per heavy atom. The predicted molar refractivity (Wildman–Crippen MR) is 120 cm³/mol. The van der Waals surface area contributed by atoms with Gasteiger partial charge < -0.3 is 18.6 Å². The number of rotatable bonds is 8.